The molecule has 4 aromatic heterocycles. The van der Waals surface area contributed by atoms with Crippen molar-refractivity contribution in [2.24, 2.45) is 0 Å². The second-order valence-electron chi connectivity index (χ2n) is 7.39. The predicted molar refractivity (Wildman–Crippen MR) is 98.8 cm³/mol. The van der Waals surface area contributed by atoms with E-state index in [1.165, 1.54) is 0 Å². The van der Waals surface area contributed by atoms with Gasteiger partial charge in [0.1, 0.15) is 6.04 Å². The van der Waals surface area contributed by atoms with E-state index in [1.54, 1.807) is 17.4 Å². The molecular formula is C20H18N6O2. The summed E-state index contributed by atoms with van der Waals surface area (Å²) in [6.07, 6.45) is 8.01. The molecule has 1 fully saturated rings. The first-order valence-corrected chi connectivity index (χ1v) is 9.51. The van der Waals surface area contributed by atoms with Crippen LogP contribution in [0.25, 0.3) is 5.52 Å². The molecule has 1 amide bonds. The normalized spacial score (nSPS) is 19.1. The van der Waals surface area contributed by atoms with E-state index in [9.17, 15) is 4.79 Å². The number of pyridine rings is 1. The number of carbonyl (C=O) groups excluding carboxylic acids is 1. The van der Waals surface area contributed by atoms with Gasteiger partial charge in [-0.25, -0.2) is 14.5 Å². The summed E-state index contributed by atoms with van der Waals surface area (Å²) in [5.74, 6) is 1.16. The summed E-state index contributed by atoms with van der Waals surface area (Å²) in [6, 6.07) is 7.54. The standard InChI is InChI=1S/C20H18N6O2/c27-20(16-10-21-19(28-16)12-4-5-12)25-8-6-14-17(23-11-22-14)18(25)15-9-13-3-1-2-7-26(13)24-15/h1-3,7,9-12,18H,4-6,8H2,(H,22,23)/t18-/m0/s1. The maximum atomic E-state index is 13.3. The maximum absolute atomic E-state index is 13.3. The quantitative estimate of drug-likeness (QED) is 0.595. The molecule has 0 saturated heterocycles. The number of amides is 1. The minimum Gasteiger partial charge on any atom is -0.435 e. The second-order valence-corrected chi connectivity index (χ2v) is 7.39. The number of nitrogens with zero attached hydrogens (tertiary/aromatic N) is 5. The van der Waals surface area contributed by atoms with E-state index in [0.717, 1.165) is 35.4 Å². The molecule has 2 aliphatic rings. The highest BCUT2D eigenvalue weighted by Crippen LogP contribution is 2.40. The molecule has 8 nitrogen and oxygen atoms in total. The molecule has 0 spiro atoms. The Morgan fingerprint density at radius 2 is 2.18 bits per heavy atom. The van der Waals surface area contributed by atoms with Crippen molar-refractivity contribution < 1.29 is 9.21 Å². The number of rotatable bonds is 3. The van der Waals surface area contributed by atoms with Gasteiger partial charge in [-0.15, -0.1) is 0 Å². The molecule has 4 aromatic rings. The topological polar surface area (TPSA) is 92.3 Å². The van der Waals surface area contributed by atoms with E-state index < -0.39 is 0 Å². The fourth-order valence-corrected chi connectivity index (χ4v) is 3.93. The van der Waals surface area contributed by atoms with E-state index in [2.05, 4.69) is 15.0 Å². The van der Waals surface area contributed by atoms with E-state index >= 15 is 0 Å². The molecule has 1 N–H and O–H groups in total. The van der Waals surface area contributed by atoms with Gasteiger partial charge in [0.15, 0.2) is 5.89 Å². The van der Waals surface area contributed by atoms with Crippen LogP contribution in [0.4, 0.5) is 0 Å². The fraction of sp³-hybridized carbons (Fsp3) is 0.300. The van der Waals surface area contributed by atoms with Crippen LogP contribution >= 0.6 is 0 Å². The molecule has 6 rings (SSSR count). The zero-order valence-corrected chi connectivity index (χ0v) is 15.1. The molecule has 0 bridgehead atoms. The molecule has 140 valence electrons. The van der Waals surface area contributed by atoms with Crippen molar-refractivity contribution in [1.82, 2.24) is 29.5 Å². The van der Waals surface area contributed by atoms with Gasteiger partial charge in [-0.1, -0.05) is 6.07 Å². The van der Waals surface area contributed by atoms with Gasteiger partial charge >= 0.3 is 0 Å². The highest BCUT2D eigenvalue weighted by molar-refractivity contribution is 5.92. The monoisotopic (exact) mass is 374 g/mol. The van der Waals surface area contributed by atoms with Gasteiger partial charge in [-0.2, -0.15) is 5.10 Å². The molecular weight excluding hydrogens is 356 g/mol. The lowest BCUT2D eigenvalue weighted by Gasteiger charge is -2.33. The molecule has 8 heteroatoms. The minimum absolute atomic E-state index is 0.171. The van der Waals surface area contributed by atoms with Crippen LogP contribution < -0.4 is 0 Å². The summed E-state index contributed by atoms with van der Waals surface area (Å²) in [5.41, 5.74) is 3.64. The summed E-state index contributed by atoms with van der Waals surface area (Å²) in [5, 5.41) is 4.71. The maximum Gasteiger partial charge on any atom is 0.292 e. The molecule has 0 unspecified atom stereocenters. The number of hydrogen-bond acceptors (Lipinski definition) is 5. The fourth-order valence-electron chi connectivity index (χ4n) is 3.93. The Balaban J connectivity index is 1.43. The summed E-state index contributed by atoms with van der Waals surface area (Å²) in [6.45, 7) is 0.562. The molecule has 1 aliphatic carbocycles. The van der Waals surface area contributed by atoms with E-state index in [4.69, 9.17) is 9.52 Å². The van der Waals surface area contributed by atoms with Gasteiger partial charge in [0.05, 0.1) is 29.4 Å². The Morgan fingerprint density at radius 3 is 3.04 bits per heavy atom. The van der Waals surface area contributed by atoms with Gasteiger partial charge < -0.3 is 14.3 Å². The number of oxazole rings is 1. The molecule has 1 saturated carbocycles. The first kappa shape index (κ1) is 15.6. The number of fused-ring (bicyclic) bond motifs is 2. The molecule has 0 aromatic carbocycles. The number of carbonyl (C=O) groups is 1. The van der Waals surface area contributed by atoms with Crippen molar-refractivity contribution >= 4 is 11.4 Å². The Labute approximate surface area is 160 Å². The zero-order valence-electron chi connectivity index (χ0n) is 15.1. The number of nitrogens with one attached hydrogen (secondary N) is 1. The Hall–Kier alpha value is -3.42. The van der Waals surface area contributed by atoms with E-state index in [1.807, 2.05) is 35.0 Å². The van der Waals surface area contributed by atoms with Crippen LogP contribution in [0.5, 0.6) is 0 Å². The lowest BCUT2D eigenvalue weighted by atomic mass is 9.99. The van der Waals surface area contributed by atoms with Crippen molar-refractivity contribution in [1.29, 1.82) is 0 Å². The predicted octanol–water partition coefficient (Wildman–Crippen LogP) is 2.71. The Bertz CT molecular complexity index is 1150. The summed E-state index contributed by atoms with van der Waals surface area (Å²) >= 11 is 0. The van der Waals surface area contributed by atoms with Gasteiger partial charge in [-0.3, -0.25) is 4.79 Å². The van der Waals surface area contributed by atoms with Crippen molar-refractivity contribution in [2.45, 2.75) is 31.2 Å². The first-order chi connectivity index (χ1) is 13.8. The number of aromatic amines is 1. The van der Waals surface area contributed by atoms with Crippen molar-refractivity contribution in [3.8, 4) is 0 Å². The van der Waals surface area contributed by atoms with Crippen LogP contribution in [0.15, 0.2) is 47.4 Å². The molecule has 5 heterocycles. The average Bonchev–Trinajstić information content (AvgIpc) is 3.14. The van der Waals surface area contributed by atoms with Crippen LogP contribution in [0.3, 0.4) is 0 Å². The SMILES string of the molecule is O=C(c1cnc(C2CC2)o1)N1CCc2[nH]cnc2[C@@H]1c1cc2ccccn2n1. The molecule has 0 radical (unpaired) electrons. The van der Waals surface area contributed by atoms with Crippen molar-refractivity contribution in [2.75, 3.05) is 6.54 Å². The number of aromatic nitrogens is 5. The van der Waals surface area contributed by atoms with Crippen LogP contribution in [0, 0.1) is 0 Å². The Kier molecular flexibility index (Phi) is 3.23. The molecule has 1 aliphatic heterocycles. The van der Waals surface area contributed by atoms with Gasteiger partial charge in [0.2, 0.25) is 5.76 Å². The molecule has 28 heavy (non-hydrogen) atoms. The van der Waals surface area contributed by atoms with Gasteiger partial charge in [-0.05, 0) is 31.0 Å². The zero-order chi connectivity index (χ0) is 18.7. The van der Waals surface area contributed by atoms with Crippen molar-refractivity contribution in [3.05, 3.63) is 71.7 Å². The number of imidazole rings is 1. The summed E-state index contributed by atoms with van der Waals surface area (Å²) in [7, 11) is 0. The number of hydrogen-bond donors (Lipinski definition) is 1. The average molecular weight is 374 g/mol. The summed E-state index contributed by atoms with van der Waals surface area (Å²) in [4.78, 5) is 27.1. The lowest BCUT2D eigenvalue weighted by Crippen LogP contribution is -2.40. The third kappa shape index (κ3) is 2.37. The largest absolute Gasteiger partial charge is 0.435 e. The van der Waals surface area contributed by atoms with Crippen LogP contribution in [-0.4, -0.2) is 41.9 Å². The van der Waals surface area contributed by atoms with Gasteiger partial charge in [0.25, 0.3) is 5.91 Å². The second kappa shape index (κ2) is 5.79. The third-order valence-corrected chi connectivity index (χ3v) is 5.52. The van der Waals surface area contributed by atoms with E-state index in [-0.39, 0.29) is 17.7 Å². The van der Waals surface area contributed by atoms with Crippen LogP contribution in [0.1, 0.15) is 58.3 Å². The van der Waals surface area contributed by atoms with Crippen LogP contribution in [0.2, 0.25) is 0 Å². The highest BCUT2D eigenvalue weighted by Gasteiger charge is 2.38. The van der Waals surface area contributed by atoms with Crippen LogP contribution in [-0.2, 0) is 6.42 Å². The third-order valence-electron chi connectivity index (χ3n) is 5.52. The lowest BCUT2D eigenvalue weighted by molar-refractivity contribution is 0.0652. The first-order valence-electron chi connectivity index (χ1n) is 9.51. The molecule has 1 atom stereocenters. The smallest absolute Gasteiger partial charge is 0.292 e. The Morgan fingerprint density at radius 1 is 1.25 bits per heavy atom. The number of H-pyrrole nitrogens is 1. The summed E-state index contributed by atoms with van der Waals surface area (Å²) < 4.78 is 7.60. The van der Waals surface area contributed by atoms with Gasteiger partial charge in [0, 0.05) is 30.8 Å². The van der Waals surface area contributed by atoms with Crippen molar-refractivity contribution in [3.63, 3.8) is 0 Å². The highest BCUT2D eigenvalue weighted by atomic mass is 16.4. The van der Waals surface area contributed by atoms with E-state index in [0.29, 0.717) is 24.8 Å². The minimum atomic E-state index is -0.364.